The molecule has 3 aromatic rings. The van der Waals surface area contributed by atoms with Gasteiger partial charge < -0.3 is 9.73 Å². The second-order valence-electron chi connectivity index (χ2n) is 7.07. The van der Waals surface area contributed by atoms with Crippen molar-refractivity contribution in [2.24, 2.45) is 0 Å². The zero-order valence-electron chi connectivity index (χ0n) is 17.3. The molecule has 0 bridgehead atoms. The molecule has 0 saturated heterocycles. The van der Waals surface area contributed by atoms with E-state index in [2.05, 4.69) is 17.0 Å². The number of hydrogen-bond acceptors (Lipinski definition) is 4. The molecule has 2 N–H and O–H groups in total. The van der Waals surface area contributed by atoms with Gasteiger partial charge in [-0.1, -0.05) is 55.8 Å². The zero-order chi connectivity index (χ0) is 22.1. The number of rotatable bonds is 10. The normalized spacial score (nSPS) is 12.7. The maximum atomic E-state index is 12.4. The van der Waals surface area contributed by atoms with Crippen molar-refractivity contribution < 1.29 is 17.6 Å². The summed E-state index contributed by atoms with van der Waals surface area (Å²) in [5.74, 6) is 0.338. The van der Waals surface area contributed by atoms with Gasteiger partial charge in [-0.25, -0.2) is 13.1 Å². The van der Waals surface area contributed by atoms with Crippen molar-refractivity contribution in [3.8, 4) is 0 Å². The highest BCUT2D eigenvalue weighted by Crippen LogP contribution is 2.18. The number of carbonyl (C=O) groups is 1. The molecule has 0 aliphatic rings. The maximum Gasteiger partial charge on any atom is 0.244 e. The first-order chi connectivity index (χ1) is 15.0. The number of furan rings is 1. The molecule has 7 heteroatoms. The van der Waals surface area contributed by atoms with Crippen molar-refractivity contribution >= 4 is 22.0 Å². The molecule has 162 valence electrons. The largest absolute Gasteiger partial charge is 0.468 e. The lowest BCUT2D eigenvalue weighted by molar-refractivity contribution is -0.117. The Balaban J connectivity index is 1.59. The van der Waals surface area contributed by atoms with Gasteiger partial charge >= 0.3 is 0 Å². The van der Waals surface area contributed by atoms with Crippen LogP contribution in [0.15, 0.2) is 88.4 Å². The molecule has 3 rings (SSSR count). The van der Waals surface area contributed by atoms with Crippen molar-refractivity contribution in [1.82, 2.24) is 10.0 Å². The Morgan fingerprint density at radius 1 is 1.03 bits per heavy atom. The number of benzene rings is 2. The van der Waals surface area contributed by atoms with Gasteiger partial charge in [-0.3, -0.25) is 4.79 Å². The second-order valence-corrected chi connectivity index (χ2v) is 8.83. The molecule has 31 heavy (non-hydrogen) atoms. The predicted octanol–water partition coefficient (Wildman–Crippen LogP) is 4.43. The number of amides is 1. The molecule has 0 radical (unpaired) electrons. The minimum atomic E-state index is -3.65. The van der Waals surface area contributed by atoms with Gasteiger partial charge in [-0.05, 0) is 47.9 Å². The van der Waals surface area contributed by atoms with Crippen molar-refractivity contribution in [3.63, 3.8) is 0 Å². The van der Waals surface area contributed by atoms with Gasteiger partial charge in [0.2, 0.25) is 15.9 Å². The summed E-state index contributed by atoms with van der Waals surface area (Å²) in [5.41, 5.74) is 1.80. The average molecular weight is 439 g/mol. The van der Waals surface area contributed by atoms with E-state index in [1.807, 2.05) is 30.3 Å². The summed E-state index contributed by atoms with van der Waals surface area (Å²) in [4.78, 5) is 12.5. The molecule has 0 aliphatic carbocycles. The first-order valence-corrected chi connectivity index (χ1v) is 11.6. The van der Waals surface area contributed by atoms with E-state index in [9.17, 15) is 13.2 Å². The molecule has 1 unspecified atom stereocenters. The summed E-state index contributed by atoms with van der Waals surface area (Å²) < 4.78 is 32.4. The van der Waals surface area contributed by atoms with Crippen molar-refractivity contribution in [1.29, 1.82) is 0 Å². The summed E-state index contributed by atoms with van der Waals surface area (Å²) in [7, 11) is -3.65. The van der Waals surface area contributed by atoms with Gasteiger partial charge in [0.1, 0.15) is 5.76 Å². The lowest BCUT2D eigenvalue weighted by atomic mass is 10.0. The fraction of sp³-hybridized carbons (Fsp3) is 0.208. The molecule has 1 heterocycles. The van der Waals surface area contributed by atoms with E-state index in [4.69, 9.17) is 4.42 Å². The highest BCUT2D eigenvalue weighted by Gasteiger charge is 2.14. The molecule has 1 aromatic heterocycles. The Hall–Kier alpha value is -3.16. The average Bonchev–Trinajstić information content (AvgIpc) is 3.31. The van der Waals surface area contributed by atoms with Gasteiger partial charge in [-0.15, -0.1) is 0 Å². The lowest BCUT2D eigenvalue weighted by Crippen LogP contribution is -2.26. The van der Waals surface area contributed by atoms with Crippen LogP contribution in [-0.2, 0) is 21.4 Å². The topological polar surface area (TPSA) is 88.4 Å². The van der Waals surface area contributed by atoms with Gasteiger partial charge in [0, 0.05) is 6.08 Å². The summed E-state index contributed by atoms with van der Waals surface area (Å²) in [5, 5.41) is 3.03. The van der Waals surface area contributed by atoms with Crippen LogP contribution in [0.4, 0.5) is 0 Å². The molecule has 1 atom stereocenters. The Bertz CT molecular complexity index is 1090. The second kappa shape index (κ2) is 10.7. The van der Waals surface area contributed by atoms with Gasteiger partial charge in [-0.2, -0.15) is 0 Å². The van der Waals surface area contributed by atoms with E-state index >= 15 is 0 Å². The van der Waals surface area contributed by atoms with Crippen molar-refractivity contribution in [2.45, 2.75) is 37.2 Å². The van der Waals surface area contributed by atoms with Gasteiger partial charge in [0.25, 0.3) is 0 Å². The van der Waals surface area contributed by atoms with E-state index in [1.54, 1.807) is 30.3 Å². The first-order valence-electron chi connectivity index (χ1n) is 10.1. The minimum absolute atomic E-state index is 0.0453. The SMILES string of the molecule is CCCC(NC(=O)/C=C/c1ccc(S(=O)(=O)NCc2ccco2)cc1)c1ccccc1. The van der Waals surface area contributed by atoms with E-state index in [0.717, 1.165) is 24.0 Å². The quantitative estimate of drug-likeness (QED) is 0.459. The minimum Gasteiger partial charge on any atom is -0.468 e. The lowest BCUT2D eigenvalue weighted by Gasteiger charge is -2.17. The van der Waals surface area contributed by atoms with Crippen LogP contribution < -0.4 is 10.0 Å². The van der Waals surface area contributed by atoms with Crippen LogP contribution in [0.5, 0.6) is 0 Å². The molecule has 1 amide bonds. The predicted molar refractivity (Wildman–Crippen MR) is 120 cm³/mol. The van der Waals surface area contributed by atoms with E-state index in [1.165, 1.54) is 24.5 Å². The third-order valence-corrected chi connectivity index (χ3v) is 6.15. The maximum absolute atomic E-state index is 12.4. The third kappa shape index (κ3) is 6.67. The third-order valence-electron chi connectivity index (χ3n) is 4.73. The fourth-order valence-corrected chi connectivity index (χ4v) is 4.10. The molecule has 0 fully saturated rings. The van der Waals surface area contributed by atoms with Crippen LogP contribution in [0.1, 0.15) is 42.7 Å². The van der Waals surface area contributed by atoms with E-state index < -0.39 is 10.0 Å². The highest BCUT2D eigenvalue weighted by molar-refractivity contribution is 7.89. The van der Waals surface area contributed by atoms with Gasteiger partial charge in [0.15, 0.2) is 0 Å². The number of sulfonamides is 1. The summed E-state index contributed by atoms with van der Waals surface area (Å²) in [6.45, 7) is 2.16. The van der Waals surface area contributed by atoms with Crippen molar-refractivity contribution in [3.05, 3.63) is 96.0 Å². The van der Waals surface area contributed by atoms with Crippen molar-refractivity contribution in [2.75, 3.05) is 0 Å². The molecular weight excluding hydrogens is 412 g/mol. The Morgan fingerprint density at radius 2 is 1.77 bits per heavy atom. The van der Waals surface area contributed by atoms with Crippen LogP contribution in [-0.4, -0.2) is 14.3 Å². The van der Waals surface area contributed by atoms with Gasteiger partial charge in [0.05, 0.1) is 23.7 Å². The van der Waals surface area contributed by atoms with Crippen LogP contribution in [0, 0.1) is 0 Å². The van der Waals surface area contributed by atoms with Crippen LogP contribution in [0.2, 0.25) is 0 Å². The van der Waals surface area contributed by atoms with E-state index in [0.29, 0.717) is 5.76 Å². The molecule has 0 saturated carbocycles. The number of carbonyl (C=O) groups excluding carboxylic acids is 1. The summed E-state index contributed by atoms with van der Waals surface area (Å²) >= 11 is 0. The standard InChI is InChI=1S/C24H26N2O4S/c1-2-7-23(20-8-4-3-5-9-20)26-24(27)16-13-19-11-14-22(15-12-19)31(28,29)25-18-21-10-6-17-30-21/h3-6,8-17,23,25H,2,7,18H2,1H3,(H,26,27)/b16-13+. The van der Waals surface area contributed by atoms with E-state index in [-0.39, 0.29) is 23.4 Å². The number of nitrogens with one attached hydrogen (secondary N) is 2. The molecular formula is C24H26N2O4S. The number of hydrogen-bond donors (Lipinski definition) is 2. The molecule has 6 nitrogen and oxygen atoms in total. The van der Waals surface area contributed by atoms with Crippen LogP contribution in [0.3, 0.4) is 0 Å². The highest BCUT2D eigenvalue weighted by atomic mass is 32.2. The summed E-state index contributed by atoms with van der Waals surface area (Å²) in [6.07, 6.45) is 6.42. The fourth-order valence-electron chi connectivity index (χ4n) is 3.11. The molecule has 0 aliphatic heterocycles. The molecule has 2 aromatic carbocycles. The summed E-state index contributed by atoms with van der Waals surface area (Å²) in [6, 6.07) is 19.6. The Labute approximate surface area is 183 Å². The monoisotopic (exact) mass is 438 g/mol. The Kier molecular flexibility index (Phi) is 7.81. The molecule has 0 spiro atoms. The van der Waals surface area contributed by atoms with Crippen LogP contribution >= 0.6 is 0 Å². The Morgan fingerprint density at radius 3 is 2.42 bits per heavy atom. The smallest absolute Gasteiger partial charge is 0.244 e. The zero-order valence-corrected chi connectivity index (χ0v) is 18.1. The first kappa shape index (κ1) is 22.5. The van der Waals surface area contributed by atoms with Crippen LogP contribution in [0.25, 0.3) is 6.08 Å².